The maximum atomic E-state index is 12.3. The van der Waals surface area contributed by atoms with E-state index in [1.165, 1.54) is 12.1 Å². The van der Waals surface area contributed by atoms with Crippen molar-refractivity contribution in [1.82, 2.24) is 0 Å². The van der Waals surface area contributed by atoms with E-state index in [0.29, 0.717) is 0 Å². The Labute approximate surface area is 82.2 Å². The highest BCUT2D eigenvalue weighted by atomic mass is 35.5. The number of hydrogen-bond donors (Lipinski definition) is 0. The molecule has 1 aromatic rings. The van der Waals surface area contributed by atoms with Gasteiger partial charge in [0.05, 0.1) is 10.6 Å². The standard InChI is InChI=1S/C8H4ClF3O2/c9-5-3-1-2-4(7(10)13)6(5)14-8(11)12/h1-3,8H. The molecule has 0 saturated heterocycles. The molecule has 0 heterocycles. The van der Waals surface area contributed by atoms with Crippen molar-refractivity contribution in [2.45, 2.75) is 6.61 Å². The molecule has 0 amide bonds. The first-order valence-corrected chi connectivity index (χ1v) is 3.83. The van der Waals surface area contributed by atoms with Crippen molar-refractivity contribution in [3.63, 3.8) is 0 Å². The van der Waals surface area contributed by atoms with Gasteiger partial charge in [0.1, 0.15) is 0 Å². The van der Waals surface area contributed by atoms with Gasteiger partial charge in [0.15, 0.2) is 5.75 Å². The van der Waals surface area contributed by atoms with E-state index < -0.39 is 24.0 Å². The Kier molecular flexibility index (Phi) is 3.35. The predicted octanol–water partition coefficient (Wildman–Crippen LogP) is 3.05. The molecule has 0 aliphatic heterocycles. The van der Waals surface area contributed by atoms with Crippen molar-refractivity contribution in [3.8, 4) is 5.75 Å². The van der Waals surface area contributed by atoms with Crippen LogP contribution in [0, 0.1) is 0 Å². The van der Waals surface area contributed by atoms with Gasteiger partial charge in [0.2, 0.25) is 0 Å². The first-order chi connectivity index (χ1) is 6.52. The normalized spacial score (nSPS) is 10.4. The second-order valence-corrected chi connectivity index (χ2v) is 2.68. The van der Waals surface area contributed by atoms with Crippen molar-refractivity contribution in [2.24, 2.45) is 0 Å². The van der Waals surface area contributed by atoms with Crippen molar-refractivity contribution < 1.29 is 22.7 Å². The Morgan fingerprint density at radius 3 is 2.57 bits per heavy atom. The summed E-state index contributed by atoms with van der Waals surface area (Å²) in [5, 5.41) is -0.242. The lowest BCUT2D eigenvalue weighted by atomic mass is 10.2. The summed E-state index contributed by atoms with van der Waals surface area (Å²) in [6.07, 6.45) is 0. The second kappa shape index (κ2) is 4.32. The summed E-state index contributed by atoms with van der Waals surface area (Å²) >= 11 is 5.44. The minimum Gasteiger partial charge on any atom is -0.432 e. The predicted molar refractivity (Wildman–Crippen MR) is 43.5 cm³/mol. The van der Waals surface area contributed by atoms with E-state index >= 15 is 0 Å². The Hall–Kier alpha value is -1.23. The summed E-state index contributed by atoms with van der Waals surface area (Å²) in [5.74, 6) is -0.642. The molecule has 0 bridgehead atoms. The minimum atomic E-state index is -3.16. The van der Waals surface area contributed by atoms with Gasteiger partial charge in [-0.05, 0) is 12.1 Å². The summed E-state index contributed by atoms with van der Waals surface area (Å²) in [7, 11) is 0. The van der Waals surface area contributed by atoms with E-state index in [2.05, 4.69) is 4.74 Å². The van der Waals surface area contributed by atoms with Gasteiger partial charge < -0.3 is 4.74 Å². The molecule has 0 saturated carbocycles. The second-order valence-electron chi connectivity index (χ2n) is 2.27. The Morgan fingerprint density at radius 2 is 2.07 bits per heavy atom. The molecule has 0 N–H and O–H groups in total. The molecule has 14 heavy (non-hydrogen) atoms. The smallest absolute Gasteiger partial charge is 0.387 e. The zero-order valence-corrected chi connectivity index (χ0v) is 7.39. The molecule has 0 aliphatic rings. The van der Waals surface area contributed by atoms with Crippen LogP contribution in [0.4, 0.5) is 13.2 Å². The highest BCUT2D eigenvalue weighted by molar-refractivity contribution is 6.32. The number of hydrogen-bond acceptors (Lipinski definition) is 2. The fourth-order valence-electron chi connectivity index (χ4n) is 0.872. The number of carbonyl (C=O) groups is 1. The lowest BCUT2D eigenvalue weighted by Crippen LogP contribution is -2.06. The van der Waals surface area contributed by atoms with E-state index in [0.717, 1.165) is 6.07 Å². The topological polar surface area (TPSA) is 26.3 Å². The van der Waals surface area contributed by atoms with Crippen LogP contribution in [-0.2, 0) is 0 Å². The van der Waals surface area contributed by atoms with Crippen LogP contribution in [0.1, 0.15) is 10.4 Å². The van der Waals surface area contributed by atoms with Gasteiger partial charge in [-0.15, -0.1) is 0 Å². The van der Waals surface area contributed by atoms with Gasteiger partial charge in [0, 0.05) is 0 Å². The number of halogens is 4. The molecule has 0 unspecified atom stereocenters. The van der Waals surface area contributed by atoms with Crippen LogP contribution in [0.5, 0.6) is 5.75 Å². The SMILES string of the molecule is O=C(F)c1cccc(Cl)c1OC(F)F. The summed E-state index contributed by atoms with van der Waals surface area (Å²) in [6.45, 7) is -3.16. The minimum absolute atomic E-state index is 0.242. The number of rotatable bonds is 3. The van der Waals surface area contributed by atoms with Crippen LogP contribution in [0.2, 0.25) is 5.02 Å². The van der Waals surface area contributed by atoms with Crippen LogP contribution >= 0.6 is 11.6 Å². The van der Waals surface area contributed by atoms with E-state index in [4.69, 9.17) is 11.6 Å². The zero-order chi connectivity index (χ0) is 10.7. The van der Waals surface area contributed by atoms with Gasteiger partial charge in [-0.2, -0.15) is 13.2 Å². The van der Waals surface area contributed by atoms with Crippen molar-refractivity contribution in [1.29, 1.82) is 0 Å². The van der Waals surface area contributed by atoms with Crippen LogP contribution in [0.25, 0.3) is 0 Å². The fraction of sp³-hybridized carbons (Fsp3) is 0.125. The molecular formula is C8H4ClF3O2. The Balaban J connectivity index is 3.15. The van der Waals surface area contributed by atoms with Gasteiger partial charge in [-0.3, -0.25) is 4.79 Å². The molecule has 1 rings (SSSR count). The molecule has 0 aromatic heterocycles. The monoisotopic (exact) mass is 224 g/mol. The van der Waals surface area contributed by atoms with E-state index in [1.807, 2.05) is 0 Å². The van der Waals surface area contributed by atoms with E-state index in [9.17, 15) is 18.0 Å². The molecule has 2 nitrogen and oxygen atoms in total. The number of ether oxygens (including phenoxy) is 1. The van der Waals surface area contributed by atoms with E-state index in [1.54, 1.807) is 0 Å². The maximum Gasteiger partial charge on any atom is 0.387 e. The number of alkyl halides is 2. The highest BCUT2D eigenvalue weighted by Crippen LogP contribution is 2.30. The first-order valence-electron chi connectivity index (χ1n) is 3.45. The number of para-hydroxylation sites is 1. The highest BCUT2D eigenvalue weighted by Gasteiger charge is 2.18. The quantitative estimate of drug-likeness (QED) is 0.738. The Bertz CT molecular complexity index is 354. The molecule has 0 aliphatic carbocycles. The average Bonchev–Trinajstić information content (AvgIpc) is 2.07. The largest absolute Gasteiger partial charge is 0.432 e. The van der Waals surface area contributed by atoms with Crippen molar-refractivity contribution in [2.75, 3.05) is 0 Å². The summed E-state index contributed by atoms with van der Waals surface area (Å²) < 4.78 is 39.9. The summed E-state index contributed by atoms with van der Waals surface area (Å²) in [5.41, 5.74) is -0.613. The zero-order valence-electron chi connectivity index (χ0n) is 6.64. The third-order valence-corrected chi connectivity index (χ3v) is 1.68. The third-order valence-electron chi connectivity index (χ3n) is 1.39. The van der Waals surface area contributed by atoms with Crippen LogP contribution in [0.3, 0.4) is 0 Å². The summed E-state index contributed by atoms with van der Waals surface area (Å²) in [6, 6.07) is 1.61. The van der Waals surface area contributed by atoms with Gasteiger partial charge in [0.25, 0.3) is 0 Å². The van der Waals surface area contributed by atoms with Gasteiger partial charge in [-0.1, -0.05) is 17.7 Å². The maximum absolute atomic E-state index is 12.3. The van der Waals surface area contributed by atoms with Gasteiger partial charge in [-0.25, -0.2) is 0 Å². The molecular weight excluding hydrogens is 221 g/mol. The van der Waals surface area contributed by atoms with Gasteiger partial charge >= 0.3 is 12.6 Å². The molecule has 0 atom stereocenters. The first kappa shape index (κ1) is 10.8. The lowest BCUT2D eigenvalue weighted by Gasteiger charge is -2.08. The summed E-state index contributed by atoms with van der Waals surface area (Å²) in [4.78, 5) is 10.3. The van der Waals surface area contributed by atoms with Crippen LogP contribution < -0.4 is 4.74 Å². The molecule has 0 spiro atoms. The Morgan fingerprint density at radius 1 is 1.43 bits per heavy atom. The number of benzene rings is 1. The van der Waals surface area contributed by atoms with Crippen LogP contribution in [-0.4, -0.2) is 12.6 Å². The molecule has 1 aromatic carbocycles. The van der Waals surface area contributed by atoms with Crippen molar-refractivity contribution in [3.05, 3.63) is 28.8 Å². The molecule has 76 valence electrons. The molecule has 6 heteroatoms. The van der Waals surface area contributed by atoms with E-state index in [-0.39, 0.29) is 5.02 Å². The third kappa shape index (κ3) is 2.38. The lowest BCUT2D eigenvalue weighted by molar-refractivity contribution is -0.0501. The van der Waals surface area contributed by atoms with Crippen LogP contribution in [0.15, 0.2) is 18.2 Å². The fourth-order valence-corrected chi connectivity index (χ4v) is 1.09. The number of carbonyl (C=O) groups excluding carboxylic acids is 1. The van der Waals surface area contributed by atoms with Crippen molar-refractivity contribution >= 4 is 17.6 Å². The average molecular weight is 225 g/mol. The molecule has 0 fully saturated rings. The molecule has 0 radical (unpaired) electrons.